The summed E-state index contributed by atoms with van der Waals surface area (Å²) in [4.78, 5) is 41.0. The first-order valence-electron chi connectivity index (χ1n) is 9.46. The maximum atomic E-state index is 12.7. The van der Waals surface area contributed by atoms with E-state index in [9.17, 15) is 14.4 Å². The maximum Gasteiger partial charge on any atom is 0.245 e. The van der Waals surface area contributed by atoms with Crippen LogP contribution in [0.2, 0.25) is 0 Å². The zero-order chi connectivity index (χ0) is 18.7. The van der Waals surface area contributed by atoms with Crippen molar-refractivity contribution >= 4 is 17.7 Å². The van der Waals surface area contributed by atoms with Crippen LogP contribution in [0.15, 0.2) is 24.3 Å². The number of carbonyl (C=O) groups excluding carboxylic acids is 3. The number of rotatable bonds is 5. The normalized spacial score (nSPS) is 20.0. The van der Waals surface area contributed by atoms with Crippen molar-refractivity contribution in [3.05, 3.63) is 35.4 Å². The summed E-state index contributed by atoms with van der Waals surface area (Å²) in [7, 11) is 0. The zero-order valence-corrected chi connectivity index (χ0v) is 15.5. The van der Waals surface area contributed by atoms with Crippen molar-refractivity contribution in [2.45, 2.75) is 64.7 Å². The summed E-state index contributed by atoms with van der Waals surface area (Å²) in [5.41, 5.74) is 2.32. The molecule has 0 bridgehead atoms. The molecule has 0 spiro atoms. The van der Waals surface area contributed by atoms with E-state index in [4.69, 9.17) is 0 Å². The van der Waals surface area contributed by atoms with Crippen LogP contribution in [0.4, 0.5) is 0 Å². The molecule has 6 heteroatoms. The molecule has 2 aliphatic heterocycles. The largest absolute Gasteiger partial charge is 0.343 e. The Morgan fingerprint density at radius 1 is 1.19 bits per heavy atom. The number of fused-ring (bicyclic) bond motifs is 1. The van der Waals surface area contributed by atoms with E-state index >= 15 is 0 Å². The highest BCUT2D eigenvalue weighted by atomic mass is 16.2. The van der Waals surface area contributed by atoms with Crippen LogP contribution in [-0.4, -0.2) is 46.1 Å². The highest BCUT2D eigenvalue weighted by Crippen LogP contribution is 2.23. The number of amides is 3. The van der Waals surface area contributed by atoms with E-state index in [1.165, 1.54) is 0 Å². The summed E-state index contributed by atoms with van der Waals surface area (Å²) >= 11 is 0. The third kappa shape index (κ3) is 3.74. The van der Waals surface area contributed by atoms with Crippen LogP contribution >= 0.6 is 0 Å². The summed E-state index contributed by atoms with van der Waals surface area (Å²) in [6, 6.07) is 6.96. The van der Waals surface area contributed by atoms with Crippen molar-refractivity contribution in [2.24, 2.45) is 0 Å². The molecule has 1 N–H and O–H groups in total. The van der Waals surface area contributed by atoms with Gasteiger partial charge in [-0.15, -0.1) is 0 Å². The number of hydrogen-bond acceptors (Lipinski definition) is 3. The van der Waals surface area contributed by atoms with Crippen LogP contribution in [0.5, 0.6) is 0 Å². The van der Waals surface area contributed by atoms with Gasteiger partial charge in [0.15, 0.2) is 0 Å². The molecule has 1 fully saturated rings. The Balaban J connectivity index is 1.57. The van der Waals surface area contributed by atoms with E-state index in [1.54, 1.807) is 16.7 Å². The smallest absolute Gasteiger partial charge is 0.245 e. The fourth-order valence-electron chi connectivity index (χ4n) is 3.83. The second-order valence-electron chi connectivity index (χ2n) is 7.19. The van der Waals surface area contributed by atoms with Gasteiger partial charge in [-0.05, 0) is 37.3 Å². The van der Waals surface area contributed by atoms with Gasteiger partial charge < -0.3 is 15.1 Å². The Morgan fingerprint density at radius 2 is 1.85 bits per heavy atom. The minimum atomic E-state index is -0.597. The average molecular weight is 357 g/mol. The van der Waals surface area contributed by atoms with E-state index in [0.717, 1.165) is 24.0 Å². The third-order valence-electron chi connectivity index (χ3n) is 5.22. The molecule has 2 heterocycles. The lowest BCUT2D eigenvalue weighted by Crippen LogP contribution is -2.52. The van der Waals surface area contributed by atoms with Crippen molar-refractivity contribution in [2.75, 3.05) is 6.54 Å². The van der Waals surface area contributed by atoms with Gasteiger partial charge in [-0.1, -0.05) is 31.2 Å². The molecule has 2 aliphatic rings. The monoisotopic (exact) mass is 357 g/mol. The summed E-state index contributed by atoms with van der Waals surface area (Å²) in [5.74, 6) is -0.275. The van der Waals surface area contributed by atoms with Gasteiger partial charge in [-0.3, -0.25) is 14.4 Å². The molecule has 1 aromatic rings. The van der Waals surface area contributed by atoms with Crippen molar-refractivity contribution in [1.29, 1.82) is 0 Å². The Labute approximate surface area is 154 Å². The van der Waals surface area contributed by atoms with Crippen molar-refractivity contribution < 1.29 is 14.4 Å². The van der Waals surface area contributed by atoms with Crippen molar-refractivity contribution in [3.8, 4) is 0 Å². The van der Waals surface area contributed by atoms with E-state index in [-0.39, 0.29) is 17.7 Å². The number of hydrogen-bond donors (Lipinski definition) is 1. The first-order valence-corrected chi connectivity index (χ1v) is 9.46. The van der Waals surface area contributed by atoms with Crippen LogP contribution in [0, 0.1) is 0 Å². The highest BCUT2D eigenvalue weighted by Gasteiger charge is 2.35. The van der Waals surface area contributed by atoms with Gasteiger partial charge in [0.05, 0.1) is 0 Å². The van der Waals surface area contributed by atoms with E-state index < -0.39 is 12.1 Å². The molecule has 2 atom stereocenters. The molecule has 140 valence electrons. The molecule has 1 unspecified atom stereocenters. The van der Waals surface area contributed by atoms with Gasteiger partial charge in [0.2, 0.25) is 17.7 Å². The van der Waals surface area contributed by atoms with Gasteiger partial charge in [-0.25, -0.2) is 0 Å². The molecule has 0 radical (unpaired) electrons. The summed E-state index contributed by atoms with van der Waals surface area (Å²) in [6.45, 7) is 5.47. The fraction of sp³-hybridized carbons (Fsp3) is 0.550. The van der Waals surface area contributed by atoms with Gasteiger partial charge in [0, 0.05) is 26.1 Å². The predicted octanol–water partition coefficient (Wildman–Crippen LogP) is 1.82. The van der Waals surface area contributed by atoms with Crippen LogP contribution in [0.3, 0.4) is 0 Å². The molecule has 0 saturated carbocycles. The van der Waals surface area contributed by atoms with Crippen LogP contribution in [-0.2, 0) is 27.5 Å². The molecule has 1 saturated heterocycles. The van der Waals surface area contributed by atoms with Crippen molar-refractivity contribution in [1.82, 2.24) is 15.1 Å². The Morgan fingerprint density at radius 3 is 2.46 bits per heavy atom. The molecule has 1 aromatic carbocycles. The first kappa shape index (κ1) is 18.4. The number of nitrogens with zero attached hydrogens (tertiary/aromatic N) is 2. The molecule has 26 heavy (non-hydrogen) atoms. The molecule has 0 aliphatic carbocycles. The van der Waals surface area contributed by atoms with Gasteiger partial charge in [0.1, 0.15) is 12.1 Å². The molecular weight excluding hydrogens is 330 g/mol. The summed E-state index contributed by atoms with van der Waals surface area (Å²) < 4.78 is 0. The SMILES string of the molecule is CCCC(=O)N1CCCC1C(=O)N[C@@H](C)C(=O)N1Cc2ccccc2C1. The van der Waals surface area contributed by atoms with Crippen LogP contribution in [0.1, 0.15) is 50.7 Å². The Hall–Kier alpha value is -2.37. The van der Waals surface area contributed by atoms with Gasteiger partial charge >= 0.3 is 0 Å². The number of nitrogens with one attached hydrogen (secondary N) is 1. The topological polar surface area (TPSA) is 69.7 Å². The number of likely N-dealkylation sites (tertiary alicyclic amines) is 1. The third-order valence-corrected chi connectivity index (χ3v) is 5.22. The lowest BCUT2D eigenvalue weighted by molar-refractivity contribution is -0.141. The molecular formula is C20H27N3O3. The summed E-state index contributed by atoms with van der Waals surface area (Å²) in [6.07, 6.45) is 2.73. The van der Waals surface area contributed by atoms with E-state index in [0.29, 0.717) is 32.5 Å². The Kier molecular flexibility index (Phi) is 5.59. The van der Waals surface area contributed by atoms with Crippen molar-refractivity contribution in [3.63, 3.8) is 0 Å². The quantitative estimate of drug-likeness (QED) is 0.874. The highest BCUT2D eigenvalue weighted by molar-refractivity contribution is 5.92. The van der Waals surface area contributed by atoms with Crippen LogP contribution < -0.4 is 5.32 Å². The second kappa shape index (κ2) is 7.89. The lowest BCUT2D eigenvalue weighted by atomic mass is 10.1. The minimum absolute atomic E-state index is 0.0270. The molecule has 3 rings (SSSR count). The van der Waals surface area contributed by atoms with E-state index in [2.05, 4.69) is 5.32 Å². The van der Waals surface area contributed by atoms with Crippen LogP contribution in [0.25, 0.3) is 0 Å². The standard InChI is InChI=1S/C20H27N3O3/c1-3-7-18(24)23-11-6-10-17(23)19(25)21-14(2)20(26)22-12-15-8-4-5-9-16(15)13-22/h4-5,8-9,14,17H,3,6-7,10-13H2,1-2H3,(H,21,25)/t14-,17?/m0/s1. The van der Waals surface area contributed by atoms with Gasteiger partial charge in [0.25, 0.3) is 0 Å². The minimum Gasteiger partial charge on any atom is -0.343 e. The summed E-state index contributed by atoms with van der Waals surface area (Å²) in [5, 5.41) is 2.83. The molecule has 3 amide bonds. The number of carbonyl (C=O) groups is 3. The Bertz CT molecular complexity index is 678. The zero-order valence-electron chi connectivity index (χ0n) is 15.5. The predicted molar refractivity (Wildman–Crippen MR) is 97.9 cm³/mol. The first-order chi connectivity index (χ1) is 12.5. The lowest BCUT2D eigenvalue weighted by Gasteiger charge is -2.26. The molecule has 0 aromatic heterocycles. The van der Waals surface area contributed by atoms with Gasteiger partial charge in [-0.2, -0.15) is 0 Å². The fourth-order valence-corrected chi connectivity index (χ4v) is 3.83. The number of benzene rings is 1. The second-order valence-corrected chi connectivity index (χ2v) is 7.19. The maximum absolute atomic E-state index is 12.7. The average Bonchev–Trinajstić information content (AvgIpc) is 3.27. The molecule has 6 nitrogen and oxygen atoms in total. The van der Waals surface area contributed by atoms with E-state index in [1.807, 2.05) is 31.2 Å².